The molecule has 6 nitrogen and oxygen atoms in total. The Labute approximate surface area is 222 Å². The Kier molecular flexibility index (Phi) is 6.56. The quantitative estimate of drug-likeness (QED) is 0.249. The van der Waals surface area contributed by atoms with E-state index >= 15 is 0 Å². The molecule has 1 aliphatic carbocycles. The third kappa shape index (κ3) is 4.99. The molecule has 6 heteroatoms. The van der Waals surface area contributed by atoms with Crippen LogP contribution in [0.1, 0.15) is 54.2 Å². The van der Waals surface area contributed by atoms with Crippen LogP contribution >= 0.6 is 0 Å². The number of hydrogen-bond acceptors (Lipinski definition) is 6. The Balaban J connectivity index is 1.14. The summed E-state index contributed by atoms with van der Waals surface area (Å²) in [7, 11) is 1.65. The molecule has 2 fully saturated rings. The Morgan fingerprint density at radius 1 is 0.947 bits per heavy atom. The van der Waals surface area contributed by atoms with E-state index < -0.39 is 12.4 Å². The first kappa shape index (κ1) is 24.9. The van der Waals surface area contributed by atoms with Crippen molar-refractivity contribution in [2.45, 2.75) is 62.9 Å². The van der Waals surface area contributed by atoms with Crippen molar-refractivity contribution in [3.63, 3.8) is 0 Å². The second-order valence-corrected chi connectivity index (χ2v) is 10.6. The standard InChI is InChI=1S/C32H33NO5/c1-20-29(27(34)16-5-21-3-14-26(36-2)15-4-21)30(38-33-20)24-8-6-22(7-9-24)23-10-12-25(13-11-23)32(17-18-32)19-28-31(35)37-28/h3-4,6-15,27-28,31,34-35H,5,16-19H2,1-2H3. The molecule has 3 unspecified atom stereocenters. The predicted octanol–water partition coefficient (Wildman–Crippen LogP) is 6.13. The minimum Gasteiger partial charge on any atom is -0.497 e. The van der Waals surface area contributed by atoms with E-state index in [0.29, 0.717) is 17.9 Å². The Morgan fingerprint density at radius 3 is 2.13 bits per heavy atom. The van der Waals surface area contributed by atoms with Crippen molar-refractivity contribution >= 4 is 0 Å². The third-order valence-corrected chi connectivity index (χ3v) is 8.09. The number of aryl methyl sites for hydroxylation is 2. The molecular formula is C32H33NO5. The molecule has 6 rings (SSSR count). The summed E-state index contributed by atoms with van der Waals surface area (Å²) in [5, 5.41) is 24.8. The van der Waals surface area contributed by atoms with Crippen LogP contribution < -0.4 is 4.74 Å². The van der Waals surface area contributed by atoms with Crippen molar-refractivity contribution in [2.24, 2.45) is 0 Å². The topological polar surface area (TPSA) is 88.2 Å². The number of aromatic nitrogens is 1. The van der Waals surface area contributed by atoms with E-state index in [1.54, 1.807) is 7.11 Å². The van der Waals surface area contributed by atoms with Crippen LogP contribution in [0.4, 0.5) is 0 Å². The van der Waals surface area contributed by atoms with Crippen LogP contribution in [0.5, 0.6) is 5.75 Å². The number of epoxide rings is 1. The monoisotopic (exact) mass is 511 g/mol. The van der Waals surface area contributed by atoms with Crippen LogP contribution in [-0.4, -0.2) is 34.9 Å². The minimum atomic E-state index is -0.678. The highest BCUT2D eigenvalue weighted by molar-refractivity contribution is 5.70. The normalized spacial score (nSPS) is 20.2. The van der Waals surface area contributed by atoms with Gasteiger partial charge in [0, 0.05) is 5.56 Å². The zero-order valence-corrected chi connectivity index (χ0v) is 21.8. The lowest BCUT2D eigenvalue weighted by molar-refractivity contribution is 0.156. The van der Waals surface area contributed by atoms with E-state index in [1.807, 2.05) is 43.3 Å². The zero-order valence-electron chi connectivity index (χ0n) is 21.8. The number of aliphatic hydroxyl groups excluding tert-OH is 2. The number of benzene rings is 3. The maximum Gasteiger partial charge on any atom is 0.181 e. The second-order valence-electron chi connectivity index (χ2n) is 10.6. The molecule has 0 spiro atoms. The lowest BCUT2D eigenvalue weighted by atomic mass is 9.89. The van der Waals surface area contributed by atoms with Gasteiger partial charge in [0.15, 0.2) is 12.1 Å². The van der Waals surface area contributed by atoms with E-state index in [4.69, 9.17) is 14.0 Å². The molecule has 1 saturated heterocycles. The van der Waals surface area contributed by atoms with Gasteiger partial charge in [0.1, 0.15) is 11.9 Å². The summed E-state index contributed by atoms with van der Waals surface area (Å²) < 4.78 is 16.2. The second kappa shape index (κ2) is 10.0. The van der Waals surface area contributed by atoms with Crippen molar-refractivity contribution in [3.8, 4) is 28.2 Å². The van der Waals surface area contributed by atoms with E-state index in [-0.39, 0.29) is 11.5 Å². The average molecular weight is 512 g/mol. The van der Waals surface area contributed by atoms with Crippen molar-refractivity contribution < 1.29 is 24.2 Å². The molecule has 0 amide bonds. The Hall–Kier alpha value is -3.45. The molecule has 0 bridgehead atoms. The fourth-order valence-corrected chi connectivity index (χ4v) is 5.48. The first-order valence-corrected chi connectivity index (χ1v) is 13.3. The summed E-state index contributed by atoms with van der Waals surface area (Å²) >= 11 is 0. The first-order valence-electron chi connectivity index (χ1n) is 13.3. The molecular weight excluding hydrogens is 478 g/mol. The van der Waals surface area contributed by atoms with E-state index in [9.17, 15) is 10.2 Å². The number of aliphatic hydroxyl groups is 2. The van der Waals surface area contributed by atoms with Crippen molar-refractivity contribution in [1.82, 2.24) is 5.16 Å². The number of rotatable bonds is 10. The van der Waals surface area contributed by atoms with Crippen LogP contribution in [0.15, 0.2) is 77.3 Å². The maximum atomic E-state index is 11.1. The fourth-order valence-electron chi connectivity index (χ4n) is 5.48. The predicted molar refractivity (Wildman–Crippen MR) is 145 cm³/mol. The summed E-state index contributed by atoms with van der Waals surface area (Å²) in [6.45, 7) is 1.87. The molecule has 2 heterocycles. The minimum absolute atomic E-state index is 0.00435. The zero-order chi connectivity index (χ0) is 26.3. The number of methoxy groups -OCH3 is 1. The summed E-state index contributed by atoms with van der Waals surface area (Å²) in [5.74, 6) is 1.44. The van der Waals surface area contributed by atoms with Gasteiger partial charge in [-0.05, 0) is 78.8 Å². The molecule has 38 heavy (non-hydrogen) atoms. The van der Waals surface area contributed by atoms with Crippen LogP contribution in [0.2, 0.25) is 0 Å². The van der Waals surface area contributed by atoms with Gasteiger partial charge in [0.2, 0.25) is 0 Å². The molecule has 2 N–H and O–H groups in total. The molecule has 196 valence electrons. The third-order valence-electron chi connectivity index (χ3n) is 8.09. The van der Waals surface area contributed by atoms with Gasteiger partial charge in [-0.3, -0.25) is 0 Å². The van der Waals surface area contributed by atoms with Gasteiger partial charge in [-0.2, -0.15) is 0 Å². The highest BCUT2D eigenvalue weighted by atomic mass is 16.7. The lowest BCUT2D eigenvalue weighted by Gasteiger charge is -2.15. The SMILES string of the molecule is COc1ccc(CCC(O)c2c(C)noc2-c2ccc(-c3ccc(C4(CC5OC5O)CC4)cc3)cc2)cc1. The van der Waals surface area contributed by atoms with Crippen molar-refractivity contribution in [2.75, 3.05) is 7.11 Å². The summed E-state index contributed by atoms with van der Waals surface area (Å²) in [5.41, 5.74) is 7.24. The first-order chi connectivity index (χ1) is 18.5. The van der Waals surface area contributed by atoms with Crippen molar-refractivity contribution in [1.29, 1.82) is 0 Å². The molecule has 0 radical (unpaired) electrons. The number of hydrogen-bond donors (Lipinski definition) is 2. The van der Waals surface area contributed by atoms with Crippen LogP contribution in [-0.2, 0) is 16.6 Å². The summed E-state index contributed by atoms with van der Waals surface area (Å²) in [6, 6.07) is 24.9. The average Bonchev–Trinajstić information content (AvgIpc) is 3.85. The Morgan fingerprint density at radius 2 is 1.55 bits per heavy atom. The molecule has 2 aliphatic rings. The van der Waals surface area contributed by atoms with Gasteiger partial charge in [0.25, 0.3) is 0 Å². The number of nitrogens with zero attached hydrogens (tertiary/aromatic N) is 1. The van der Waals surface area contributed by atoms with Gasteiger partial charge >= 0.3 is 0 Å². The summed E-state index contributed by atoms with van der Waals surface area (Å²) in [4.78, 5) is 0. The molecule has 1 aromatic heterocycles. The van der Waals surface area contributed by atoms with E-state index in [1.165, 1.54) is 5.56 Å². The lowest BCUT2D eigenvalue weighted by Crippen LogP contribution is -2.11. The van der Waals surface area contributed by atoms with Gasteiger partial charge in [-0.15, -0.1) is 0 Å². The molecule has 4 aromatic rings. The van der Waals surface area contributed by atoms with Crippen molar-refractivity contribution in [3.05, 3.63) is 95.2 Å². The summed E-state index contributed by atoms with van der Waals surface area (Å²) in [6.07, 6.45) is 3.24. The van der Waals surface area contributed by atoms with Crippen LogP contribution in [0, 0.1) is 6.92 Å². The fraction of sp³-hybridized carbons (Fsp3) is 0.344. The highest BCUT2D eigenvalue weighted by Crippen LogP contribution is 2.54. The number of ether oxygens (including phenoxy) is 2. The molecule has 1 saturated carbocycles. The van der Waals surface area contributed by atoms with Gasteiger partial charge < -0.3 is 24.2 Å². The van der Waals surface area contributed by atoms with E-state index in [0.717, 1.165) is 59.3 Å². The molecule has 3 atom stereocenters. The van der Waals surface area contributed by atoms with Crippen LogP contribution in [0.3, 0.4) is 0 Å². The van der Waals surface area contributed by atoms with Crippen LogP contribution in [0.25, 0.3) is 22.5 Å². The van der Waals surface area contributed by atoms with Gasteiger partial charge in [-0.1, -0.05) is 65.8 Å². The van der Waals surface area contributed by atoms with Gasteiger partial charge in [-0.25, -0.2) is 0 Å². The molecule has 3 aromatic carbocycles. The maximum absolute atomic E-state index is 11.1. The highest BCUT2D eigenvalue weighted by Gasteiger charge is 2.51. The molecule has 1 aliphatic heterocycles. The largest absolute Gasteiger partial charge is 0.497 e. The smallest absolute Gasteiger partial charge is 0.181 e. The van der Waals surface area contributed by atoms with Gasteiger partial charge in [0.05, 0.1) is 24.5 Å². The van der Waals surface area contributed by atoms with E-state index in [2.05, 4.69) is 41.6 Å². The Bertz CT molecular complexity index is 1390.